The summed E-state index contributed by atoms with van der Waals surface area (Å²) in [6, 6.07) is 0. The van der Waals surface area contributed by atoms with E-state index in [2.05, 4.69) is 13.5 Å². The standard InChI is InChI=1S/C18H36.Ar/c1-3-5-7-9-11-13-15-17-18-16-14-12-10-8-6-4-2;/h3H,1,4-18H2,2H3;. The molecule has 0 aromatic rings. The van der Waals surface area contributed by atoms with Gasteiger partial charge in [-0.1, -0.05) is 96.5 Å². The molecule has 0 aromatic heterocycles. The maximum Gasteiger partial charge on any atom is 0 e. The van der Waals surface area contributed by atoms with Crippen molar-refractivity contribution in [3.05, 3.63) is 12.7 Å². The van der Waals surface area contributed by atoms with E-state index in [9.17, 15) is 0 Å². The van der Waals surface area contributed by atoms with Crippen molar-refractivity contribution < 1.29 is 37.7 Å². The van der Waals surface area contributed by atoms with Crippen LogP contribution in [0.1, 0.15) is 103 Å². The van der Waals surface area contributed by atoms with Crippen LogP contribution in [-0.2, 0) is 0 Å². The molecule has 0 nitrogen and oxygen atoms in total. The quantitative estimate of drug-likeness (QED) is 0.224. The van der Waals surface area contributed by atoms with Crippen LogP contribution in [0.4, 0.5) is 0 Å². The molecule has 0 rings (SSSR count). The Labute approximate surface area is 152 Å². The van der Waals surface area contributed by atoms with Crippen LogP contribution in [0, 0.1) is 37.7 Å². The second kappa shape index (κ2) is 21.3. The summed E-state index contributed by atoms with van der Waals surface area (Å²) in [5.41, 5.74) is 0. The van der Waals surface area contributed by atoms with Gasteiger partial charge in [0.1, 0.15) is 0 Å². The van der Waals surface area contributed by atoms with E-state index in [1.807, 2.05) is 6.08 Å². The molecule has 0 heterocycles. The SMILES string of the molecule is C=CCCCCCCCCCCCCCCCC.[Ar]. The molecule has 0 unspecified atom stereocenters. The Balaban J connectivity index is 0. The van der Waals surface area contributed by atoms with Crippen LogP contribution >= 0.6 is 0 Å². The van der Waals surface area contributed by atoms with Crippen molar-refractivity contribution in [2.24, 2.45) is 0 Å². The third-order valence-electron chi connectivity index (χ3n) is 3.76. The molecule has 19 heavy (non-hydrogen) atoms. The van der Waals surface area contributed by atoms with Crippen molar-refractivity contribution in [1.82, 2.24) is 0 Å². The molecule has 0 aliphatic carbocycles. The summed E-state index contributed by atoms with van der Waals surface area (Å²) in [5, 5.41) is 0. The topological polar surface area (TPSA) is 0 Å². The molecule has 0 saturated heterocycles. The van der Waals surface area contributed by atoms with Crippen LogP contribution in [0.15, 0.2) is 12.7 Å². The van der Waals surface area contributed by atoms with E-state index in [1.165, 1.54) is 96.3 Å². The summed E-state index contributed by atoms with van der Waals surface area (Å²) in [5.74, 6) is 0. The monoisotopic (exact) mass is 292 g/mol. The summed E-state index contributed by atoms with van der Waals surface area (Å²) < 4.78 is 0. The van der Waals surface area contributed by atoms with E-state index in [1.54, 1.807) is 0 Å². The summed E-state index contributed by atoms with van der Waals surface area (Å²) in [4.78, 5) is 0. The van der Waals surface area contributed by atoms with Crippen LogP contribution in [0.5, 0.6) is 0 Å². The van der Waals surface area contributed by atoms with Crippen molar-refractivity contribution in [3.63, 3.8) is 0 Å². The molecular weight excluding hydrogens is 256 g/mol. The van der Waals surface area contributed by atoms with E-state index >= 15 is 0 Å². The number of allylic oxidation sites excluding steroid dienone is 1. The van der Waals surface area contributed by atoms with Gasteiger partial charge in [0.15, 0.2) is 0 Å². The zero-order chi connectivity index (χ0) is 13.3. The number of unbranched alkanes of at least 4 members (excludes halogenated alkanes) is 14. The van der Waals surface area contributed by atoms with Gasteiger partial charge >= 0.3 is 0 Å². The average molecular weight is 292 g/mol. The molecule has 116 valence electrons. The average Bonchev–Trinajstić information content (AvgIpc) is 2.39. The van der Waals surface area contributed by atoms with Gasteiger partial charge in [0.05, 0.1) is 0 Å². The van der Waals surface area contributed by atoms with Gasteiger partial charge in [0.25, 0.3) is 0 Å². The van der Waals surface area contributed by atoms with Crippen LogP contribution in [-0.4, -0.2) is 0 Å². The van der Waals surface area contributed by atoms with Gasteiger partial charge in [-0.3, -0.25) is 0 Å². The molecule has 0 aliphatic heterocycles. The molecule has 0 amide bonds. The Kier molecular flexibility index (Phi) is 25.0. The largest absolute Gasteiger partial charge is 0.103 e. The fraction of sp³-hybridized carbons (Fsp3) is 0.889. The molecule has 0 fully saturated rings. The van der Waals surface area contributed by atoms with Gasteiger partial charge in [-0.2, -0.15) is 0 Å². The maximum atomic E-state index is 3.76. The zero-order valence-corrected chi connectivity index (χ0v) is 14.0. The fourth-order valence-electron chi connectivity index (χ4n) is 2.48. The minimum Gasteiger partial charge on any atom is -0.103 e. The van der Waals surface area contributed by atoms with Crippen molar-refractivity contribution in [2.75, 3.05) is 0 Å². The molecule has 0 saturated carbocycles. The normalized spacial score (nSPS) is 10.2. The molecule has 0 bridgehead atoms. The van der Waals surface area contributed by atoms with Crippen LogP contribution in [0.25, 0.3) is 0 Å². The predicted molar refractivity (Wildman–Crippen MR) is 85.1 cm³/mol. The molecule has 0 radical (unpaired) electrons. The van der Waals surface area contributed by atoms with Crippen LogP contribution in [0.3, 0.4) is 0 Å². The summed E-state index contributed by atoms with van der Waals surface area (Å²) >= 11 is 0. The molecule has 0 aliphatic rings. The first-order valence-electron chi connectivity index (χ1n) is 8.52. The van der Waals surface area contributed by atoms with Gasteiger partial charge in [0, 0.05) is 37.7 Å². The minimum absolute atomic E-state index is 0. The second-order valence-electron chi connectivity index (χ2n) is 5.67. The summed E-state index contributed by atoms with van der Waals surface area (Å²) in [6.07, 6.45) is 23.5. The molecule has 0 N–H and O–H groups in total. The van der Waals surface area contributed by atoms with Gasteiger partial charge in [-0.15, -0.1) is 6.58 Å². The number of rotatable bonds is 15. The first-order chi connectivity index (χ1) is 8.91. The van der Waals surface area contributed by atoms with E-state index < -0.39 is 0 Å². The summed E-state index contributed by atoms with van der Waals surface area (Å²) in [7, 11) is 0. The fourth-order valence-corrected chi connectivity index (χ4v) is 2.48. The third kappa shape index (κ3) is 21.4. The predicted octanol–water partition coefficient (Wildman–Crippen LogP) is 7.04. The first kappa shape index (κ1) is 22.3. The Hall–Kier alpha value is 1.000. The maximum absolute atomic E-state index is 3.76. The third-order valence-corrected chi connectivity index (χ3v) is 3.76. The molecule has 0 aromatic carbocycles. The van der Waals surface area contributed by atoms with E-state index in [0.29, 0.717) is 0 Å². The zero-order valence-electron chi connectivity index (χ0n) is 13.2. The Morgan fingerprint density at radius 2 is 0.895 bits per heavy atom. The van der Waals surface area contributed by atoms with Gasteiger partial charge in [-0.25, -0.2) is 0 Å². The Bertz CT molecular complexity index is 154. The van der Waals surface area contributed by atoms with Crippen molar-refractivity contribution in [1.29, 1.82) is 0 Å². The van der Waals surface area contributed by atoms with Gasteiger partial charge < -0.3 is 0 Å². The molecule has 0 spiro atoms. The van der Waals surface area contributed by atoms with E-state index in [4.69, 9.17) is 0 Å². The molecule has 0 atom stereocenters. The van der Waals surface area contributed by atoms with E-state index in [-0.39, 0.29) is 37.7 Å². The number of hydrogen-bond donors (Lipinski definition) is 0. The summed E-state index contributed by atoms with van der Waals surface area (Å²) in [6.45, 7) is 6.05. The van der Waals surface area contributed by atoms with Gasteiger partial charge in [0.2, 0.25) is 0 Å². The van der Waals surface area contributed by atoms with Crippen LogP contribution < -0.4 is 0 Å². The Morgan fingerprint density at radius 1 is 0.579 bits per heavy atom. The Morgan fingerprint density at radius 3 is 1.21 bits per heavy atom. The number of hydrogen-bond acceptors (Lipinski definition) is 0. The van der Waals surface area contributed by atoms with Crippen molar-refractivity contribution in [2.45, 2.75) is 103 Å². The molecule has 1 heteroatoms. The second-order valence-corrected chi connectivity index (χ2v) is 5.67. The minimum atomic E-state index is 0. The van der Waals surface area contributed by atoms with Crippen molar-refractivity contribution >= 4 is 0 Å². The van der Waals surface area contributed by atoms with Crippen molar-refractivity contribution in [3.8, 4) is 0 Å². The first-order valence-corrected chi connectivity index (χ1v) is 8.52. The smallest absolute Gasteiger partial charge is 0 e. The van der Waals surface area contributed by atoms with Gasteiger partial charge in [-0.05, 0) is 12.8 Å². The molecular formula is C18H36Ar. The van der Waals surface area contributed by atoms with E-state index in [0.717, 1.165) is 0 Å². The van der Waals surface area contributed by atoms with Crippen LogP contribution in [0.2, 0.25) is 0 Å².